The van der Waals surface area contributed by atoms with Crippen LogP contribution < -0.4 is 5.32 Å². The summed E-state index contributed by atoms with van der Waals surface area (Å²) in [6.07, 6.45) is 3.14. The van der Waals surface area contributed by atoms with Crippen LogP contribution in [0.2, 0.25) is 0 Å². The van der Waals surface area contributed by atoms with E-state index in [2.05, 4.69) is 20.8 Å². The Morgan fingerprint density at radius 1 is 1.36 bits per heavy atom. The summed E-state index contributed by atoms with van der Waals surface area (Å²) >= 11 is 0. The van der Waals surface area contributed by atoms with Gasteiger partial charge in [0.2, 0.25) is 5.91 Å². The summed E-state index contributed by atoms with van der Waals surface area (Å²) in [5.74, 6) is -0.0482. The minimum atomic E-state index is -0.363. The predicted octanol–water partition coefficient (Wildman–Crippen LogP) is 0.872. The molecule has 0 radical (unpaired) electrons. The first kappa shape index (κ1) is 16.1. The molecule has 0 bridgehead atoms. The van der Waals surface area contributed by atoms with Crippen LogP contribution in [-0.2, 0) is 11.2 Å². The second kappa shape index (κ2) is 7.13. The van der Waals surface area contributed by atoms with Crippen molar-refractivity contribution in [2.75, 3.05) is 6.61 Å². The molecular weight excluding hydrogens is 282 g/mol. The zero-order valence-electron chi connectivity index (χ0n) is 12.9. The molecule has 0 saturated carbocycles. The Bertz CT molecular complexity index is 597. The van der Waals surface area contributed by atoms with Gasteiger partial charge in [-0.1, -0.05) is 19.1 Å². The first-order valence-electron chi connectivity index (χ1n) is 7.30. The number of aliphatic hydroxyl groups is 1. The molecule has 0 aliphatic rings. The number of aromatic nitrogens is 4. The van der Waals surface area contributed by atoms with Crippen molar-refractivity contribution in [3.8, 4) is 5.69 Å². The van der Waals surface area contributed by atoms with Gasteiger partial charge in [0.25, 0.3) is 0 Å². The fourth-order valence-corrected chi connectivity index (χ4v) is 2.19. The summed E-state index contributed by atoms with van der Waals surface area (Å²) in [4.78, 5) is 12.1. The van der Waals surface area contributed by atoms with E-state index in [-0.39, 0.29) is 18.1 Å². The average molecular weight is 303 g/mol. The molecule has 7 heteroatoms. The summed E-state index contributed by atoms with van der Waals surface area (Å²) < 4.78 is 1.55. The first-order chi connectivity index (χ1) is 10.6. The van der Waals surface area contributed by atoms with Crippen molar-refractivity contribution in [1.29, 1.82) is 0 Å². The van der Waals surface area contributed by atoms with Crippen LogP contribution in [0.5, 0.6) is 0 Å². The van der Waals surface area contributed by atoms with Crippen LogP contribution in [0, 0.1) is 0 Å². The van der Waals surface area contributed by atoms with Gasteiger partial charge in [0, 0.05) is 12.1 Å². The van der Waals surface area contributed by atoms with E-state index in [9.17, 15) is 4.79 Å². The molecule has 0 aliphatic heterocycles. The van der Waals surface area contributed by atoms with Gasteiger partial charge in [0.05, 0.1) is 12.1 Å². The third-order valence-corrected chi connectivity index (χ3v) is 3.80. The minimum Gasteiger partial charge on any atom is -0.396 e. The molecular formula is C15H21N5O2. The van der Waals surface area contributed by atoms with Crippen LogP contribution in [0.4, 0.5) is 0 Å². The number of rotatable bonds is 7. The van der Waals surface area contributed by atoms with E-state index < -0.39 is 0 Å². The third-order valence-electron chi connectivity index (χ3n) is 3.80. The van der Waals surface area contributed by atoms with Gasteiger partial charge in [-0.3, -0.25) is 4.79 Å². The zero-order chi connectivity index (χ0) is 16.0. The second-order valence-corrected chi connectivity index (χ2v) is 5.53. The van der Waals surface area contributed by atoms with Crippen LogP contribution >= 0.6 is 0 Å². The Morgan fingerprint density at radius 3 is 2.64 bits per heavy atom. The molecule has 22 heavy (non-hydrogen) atoms. The Labute approximate surface area is 129 Å². The predicted molar refractivity (Wildman–Crippen MR) is 81.4 cm³/mol. The lowest BCUT2D eigenvalue weighted by molar-refractivity contribution is -0.122. The lowest BCUT2D eigenvalue weighted by atomic mass is 9.94. The van der Waals surface area contributed by atoms with Gasteiger partial charge in [-0.25, -0.2) is 4.68 Å². The highest BCUT2D eigenvalue weighted by Gasteiger charge is 2.23. The van der Waals surface area contributed by atoms with Crippen molar-refractivity contribution < 1.29 is 9.90 Å². The molecule has 0 fully saturated rings. The number of carbonyl (C=O) groups is 1. The molecule has 1 unspecified atom stereocenters. The molecule has 0 saturated heterocycles. The molecule has 1 aromatic heterocycles. The highest BCUT2D eigenvalue weighted by atomic mass is 16.3. The number of hydrogen-bond acceptors (Lipinski definition) is 5. The van der Waals surface area contributed by atoms with Gasteiger partial charge in [-0.15, -0.1) is 5.10 Å². The molecule has 118 valence electrons. The lowest BCUT2D eigenvalue weighted by Crippen LogP contribution is -2.46. The van der Waals surface area contributed by atoms with Crippen molar-refractivity contribution in [2.24, 2.45) is 0 Å². The molecule has 0 spiro atoms. The molecule has 1 aromatic carbocycles. The fourth-order valence-electron chi connectivity index (χ4n) is 2.19. The quantitative estimate of drug-likeness (QED) is 0.792. The highest BCUT2D eigenvalue weighted by molar-refractivity contribution is 5.79. The van der Waals surface area contributed by atoms with Crippen LogP contribution in [0.25, 0.3) is 5.69 Å². The maximum absolute atomic E-state index is 12.1. The van der Waals surface area contributed by atoms with Crippen molar-refractivity contribution in [2.45, 2.75) is 38.6 Å². The van der Waals surface area contributed by atoms with Gasteiger partial charge < -0.3 is 10.4 Å². The van der Waals surface area contributed by atoms with E-state index in [1.807, 2.05) is 38.1 Å². The molecule has 1 amide bonds. The Balaban J connectivity index is 1.97. The van der Waals surface area contributed by atoms with Crippen LogP contribution in [0.3, 0.4) is 0 Å². The summed E-state index contributed by atoms with van der Waals surface area (Å²) in [6.45, 7) is 4.00. The summed E-state index contributed by atoms with van der Waals surface area (Å²) in [6, 6.07) is 7.50. The average Bonchev–Trinajstić information content (AvgIpc) is 3.02. The van der Waals surface area contributed by atoms with Crippen molar-refractivity contribution in [3.05, 3.63) is 36.2 Å². The fraction of sp³-hybridized carbons (Fsp3) is 0.467. The minimum absolute atomic E-state index is 0.0482. The number of tetrazole rings is 1. The number of nitrogens with one attached hydrogen (secondary N) is 1. The molecule has 1 heterocycles. The topological polar surface area (TPSA) is 92.9 Å². The zero-order valence-corrected chi connectivity index (χ0v) is 12.9. The lowest BCUT2D eigenvalue weighted by Gasteiger charge is -2.29. The van der Waals surface area contributed by atoms with E-state index in [0.29, 0.717) is 12.8 Å². The molecule has 2 aromatic rings. The maximum atomic E-state index is 12.1. The SMILES string of the molecule is CCC(C)(CCO)NC(=O)Cc1ccc(-n2cnnn2)cc1. The Hall–Kier alpha value is -2.28. The Kier molecular flexibility index (Phi) is 5.21. The van der Waals surface area contributed by atoms with Crippen LogP contribution in [0.1, 0.15) is 32.3 Å². The summed E-state index contributed by atoms with van der Waals surface area (Å²) in [7, 11) is 0. The summed E-state index contributed by atoms with van der Waals surface area (Å²) in [5, 5.41) is 23.1. The highest BCUT2D eigenvalue weighted by Crippen LogP contribution is 2.14. The van der Waals surface area contributed by atoms with Crippen molar-refractivity contribution in [1.82, 2.24) is 25.5 Å². The van der Waals surface area contributed by atoms with Crippen molar-refractivity contribution >= 4 is 5.91 Å². The molecule has 2 N–H and O–H groups in total. The van der Waals surface area contributed by atoms with E-state index in [4.69, 9.17) is 5.11 Å². The summed E-state index contributed by atoms with van der Waals surface area (Å²) in [5.41, 5.74) is 1.39. The number of benzene rings is 1. The number of nitrogens with zero attached hydrogens (tertiary/aromatic N) is 4. The van der Waals surface area contributed by atoms with Crippen molar-refractivity contribution in [3.63, 3.8) is 0 Å². The van der Waals surface area contributed by atoms with E-state index in [0.717, 1.165) is 17.7 Å². The standard InChI is InChI=1S/C15H21N5O2/c1-3-15(2,8-9-21)17-14(22)10-12-4-6-13(7-5-12)20-11-16-18-19-20/h4-7,11,21H,3,8-10H2,1-2H3,(H,17,22). The van der Waals surface area contributed by atoms with E-state index >= 15 is 0 Å². The molecule has 2 rings (SSSR count). The first-order valence-corrected chi connectivity index (χ1v) is 7.30. The van der Waals surface area contributed by atoms with Gasteiger partial charge >= 0.3 is 0 Å². The molecule has 7 nitrogen and oxygen atoms in total. The number of amides is 1. The number of aliphatic hydroxyl groups excluding tert-OH is 1. The van der Waals surface area contributed by atoms with E-state index in [1.165, 1.54) is 6.33 Å². The van der Waals surface area contributed by atoms with Crippen LogP contribution in [-0.4, -0.2) is 43.4 Å². The monoisotopic (exact) mass is 303 g/mol. The van der Waals surface area contributed by atoms with Gasteiger partial charge in [0.15, 0.2) is 0 Å². The third kappa shape index (κ3) is 4.11. The normalized spacial score (nSPS) is 13.6. The smallest absolute Gasteiger partial charge is 0.224 e. The maximum Gasteiger partial charge on any atom is 0.224 e. The molecule has 1 atom stereocenters. The van der Waals surface area contributed by atoms with Gasteiger partial charge in [-0.2, -0.15) is 0 Å². The number of carbonyl (C=O) groups excluding carboxylic acids is 1. The second-order valence-electron chi connectivity index (χ2n) is 5.53. The van der Waals surface area contributed by atoms with Crippen LogP contribution in [0.15, 0.2) is 30.6 Å². The van der Waals surface area contributed by atoms with Gasteiger partial charge in [-0.05, 0) is 47.9 Å². The van der Waals surface area contributed by atoms with E-state index in [1.54, 1.807) is 4.68 Å². The number of hydrogen-bond donors (Lipinski definition) is 2. The largest absolute Gasteiger partial charge is 0.396 e. The Morgan fingerprint density at radius 2 is 2.09 bits per heavy atom. The molecule has 0 aliphatic carbocycles. The van der Waals surface area contributed by atoms with Gasteiger partial charge in [0.1, 0.15) is 6.33 Å².